The average Bonchev–Trinajstić information content (AvgIpc) is 3.21. The molecule has 152 valence electrons. The zero-order valence-corrected chi connectivity index (χ0v) is 17.3. The summed E-state index contributed by atoms with van der Waals surface area (Å²) < 4.78 is 1.59. The van der Waals surface area contributed by atoms with E-state index in [1.807, 2.05) is 24.3 Å². The first-order valence-corrected chi connectivity index (χ1v) is 10.7. The Morgan fingerprint density at radius 3 is 2.23 bits per heavy atom. The highest BCUT2D eigenvalue weighted by Gasteiger charge is 2.41. The summed E-state index contributed by atoms with van der Waals surface area (Å²) in [6, 6.07) is 20.8. The van der Waals surface area contributed by atoms with Crippen LogP contribution in [0.2, 0.25) is 0 Å². The third-order valence-electron chi connectivity index (χ3n) is 7.09. The Kier molecular flexibility index (Phi) is 4.51. The lowest BCUT2D eigenvalue weighted by Gasteiger charge is -2.41. The van der Waals surface area contributed by atoms with Crippen molar-refractivity contribution in [2.75, 3.05) is 36.0 Å². The number of rotatable bonds is 2. The summed E-state index contributed by atoms with van der Waals surface area (Å²) in [5, 5.41) is 10.8. The highest BCUT2D eigenvalue weighted by atomic mass is 16.1. The highest BCUT2D eigenvalue weighted by Crippen LogP contribution is 2.43. The molecule has 3 aromatic rings. The summed E-state index contributed by atoms with van der Waals surface area (Å²) in [6.07, 6.45) is 3.38. The molecule has 0 radical (unpaired) electrons. The molecule has 2 aromatic carbocycles. The fourth-order valence-corrected chi connectivity index (χ4v) is 5.32. The van der Waals surface area contributed by atoms with Crippen LogP contribution in [0.4, 0.5) is 11.4 Å². The summed E-state index contributed by atoms with van der Waals surface area (Å²) >= 11 is 0. The molecule has 2 saturated heterocycles. The van der Waals surface area contributed by atoms with Crippen molar-refractivity contribution in [3.8, 4) is 6.07 Å². The van der Waals surface area contributed by atoms with Gasteiger partial charge in [0.15, 0.2) is 0 Å². The largest absolute Gasteiger partial charge is 0.371 e. The SMILES string of the molecule is Cn1c(=O)c(C#N)c(N2CCC3(CCN(c4ccccc4)C3)CC2)c2ccccc21. The van der Waals surface area contributed by atoms with E-state index in [1.54, 1.807) is 11.6 Å². The molecule has 0 saturated carbocycles. The van der Waals surface area contributed by atoms with Crippen LogP contribution in [0.15, 0.2) is 59.4 Å². The molecule has 0 atom stereocenters. The summed E-state index contributed by atoms with van der Waals surface area (Å²) in [5.41, 5.74) is 3.40. The molecule has 2 aliphatic heterocycles. The van der Waals surface area contributed by atoms with Crippen molar-refractivity contribution >= 4 is 22.3 Å². The van der Waals surface area contributed by atoms with Crippen LogP contribution in [0.25, 0.3) is 10.9 Å². The summed E-state index contributed by atoms with van der Waals surface area (Å²) in [4.78, 5) is 17.6. The van der Waals surface area contributed by atoms with Gasteiger partial charge in [-0.2, -0.15) is 5.26 Å². The van der Waals surface area contributed by atoms with Crippen molar-refractivity contribution in [2.24, 2.45) is 12.5 Å². The minimum atomic E-state index is -0.206. The molecule has 30 heavy (non-hydrogen) atoms. The second-order valence-corrected chi connectivity index (χ2v) is 8.71. The van der Waals surface area contributed by atoms with Crippen LogP contribution < -0.4 is 15.4 Å². The van der Waals surface area contributed by atoms with Crippen LogP contribution in [-0.4, -0.2) is 30.7 Å². The van der Waals surface area contributed by atoms with Gasteiger partial charge in [0, 0.05) is 44.3 Å². The third kappa shape index (κ3) is 2.95. The van der Waals surface area contributed by atoms with Crippen molar-refractivity contribution in [3.63, 3.8) is 0 Å². The summed E-state index contributed by atoms with van der Waals surface area (Å²) in [7, 11) is 1.75. The van der Waals surface area contributed by atoms with Crippen LogP contribution >= 0.6 is 0 Å². The van der Waals surface area contributed by atoms with E-state index in [9.17, 15) is 10.1 Å². The predicted octanol–water partition coefficient (Wildman–Crippen LogP) is 3.91. The van der Waals surface area contributed by atoms with Crippen molar-refractivity contribution in [2.45, 2.75) is 19.3 Å². The number of aryl methyl sites for hydroxylation is 1. The first-order chi connectivity index (χ1) is 14.6. The van der Waals surface area contributed by atoms with Crippen molar-refractivity contribution < 1.29 is 0 Å². The Bertz CT molecular complexity index is 1180. The Hall–Kier alpha value is -3.26. The molecule has 5 rings (SSSR count). The van der Waals surface area contributed by atoms with Gasteiger partial charge >= 0.3 is 0 Å². The zero-order valence-electron chi connectivity index (χ0n) is 17.3. The predicted molar refractivity (Wildman–Crippen MR) is 121 cm³/mol. The molecular weight excluding hydrogens is 372 g/mol. The topological polar surface area (TPSA) is 52.3 Å². The smallest absolute Gasteiger partial charge is 0.270 e. The molecule has 0 aliphatic carbocycles. The van der Waals surface area contributed by atoms with Gasteiger partial charge in [-0.3, -0.25) is 4.79 Å². The summed E-state index contributed by atoms with van der Waals surface area (Å²) in [5.74, 6) is 0. The minimum Gasteiger partial charge on any atom is -0.371 e. The number of piperidine rings is 1. The molecule has 0 amide bonds. The van der Waals surface area contributed by atoms with E-state index in [2.05, 4.69) is 46.2 Å². The Morgan fingerprint density at radius 2 is 1.53 bits per heavy atom. The lowest BCUT2D eigenvalue weighted by molar-refractivity contribution is 0.251. The van der Waals surface area contributed by atoms with Crippen LogP contribution in [0.3, 0.4) is 0 Å². The molecule has 3 heterocycles. The number of pyridine rings is 1. The van der Waals surface area contributed by atoms with E-state index in [0.717, 1.165) is 55.6 Å². The van der Waals surface area contributed by atoms with E-state index in [-0.39, 0.29) is 11.1 Å². The molecule has 5 nitrogen and oxygen atoms in total. The van der Waals surface area contributed by atoms with Crippen molar-refractivity contribution in [1.29, 1.82) is 5.26 Å². The monoisotopic (exact) mass is 398 g/mol. The molecule has 5 heteroatoms. The van der Waals surface area contributed by atoms with Gasteiger partial charge in [-0.25, -0.2) is 0 Å². The number of fused-ring (bicyclic) bond motifs is 1. The molecule has 2 fully saturated rings. The van der Waals surface area contributed by atoms with Crippen LogP contribution in [0.1, 0.15) is 24.8 Å². The number of anilines is 2. The Labute approximate surface area is 176 Å². The van der Waals surface area contributed by atoms with Gasteiger partial charge in [-0.05, 0) is 42.9 Å². The maximum absolute atomic E-state index is 12.8. The van der Waals surface area contributed by atoms with Crippen LogP contribution in [0, 0.1) is 16.7 Å². The molecule has 1 spiro atoms. The van der Waals surface area contributed by atoms with E-state index >= 15 is 0 Å². The number of hydrogen-bond donors (Lipinski definition) is 0. The van der Waals surface area contributed by atoms with Gasteiger partial charge in [0.25, 0.3) is 5.56 Å². The first-order valence-electron chi connectivity index (χ1n) is 10.7. The van der Waals surface area contributed by atoms with Gasteiger partial charge in [-0.1, -0.05) is 36.4 Å². The lowest BCUT2D eigenvalue weighted by Crippen LogP contribution is -2.42. The maximum atomic E-state index is 12.8. The standard InChI is InChI=1S/C25H26N4O/c1-27-22-10-6-5-9-20(22)23(21(17-26)24(27)30)28-14-11-25(12-15-28)13-16-29(18-25)19-7-3-2-4-8-19/h2-10H,11-16,18H2,1H3. The van der Waals surface area contributed by atoms with E-state index in [0.29, 0.717) is 5.41 Å². The van der Waals surface area contributed by atoms with E-state index in [1.165, 1.54) is 12.1 Å². The van der Waals surface area contributed by atoms with Crippen LogP contribution in [0.5, 0.6) is 0 Å². The van der Waals surface area contributed by atoms with E-state index < -0.39 is 0 Å². The maximum Gasteiger partial charge on any atom is 0.270 e. The fraction of sp³-hybridized carbons (Fsp3) is 0.360. The fourth-order valence-electron chi connectivity index (χ4n) is 5.32. The number of para-hydroxylation sites is 2. The number of nitrogens with zero attached hydrogens (tertiary/aromatic N) is 4. The van der Waals surface area contributed by atoms with Crippen molar-refractivity contribution in [1.82, 2.24) is 4.57 Å². The number of hydrogen-bond acceptors (Lipinski definition) is 4. The highest BCUT2D eigenvalue weighted by molar-refractivity contribution is 5.94. The van der Waals surface area contributed by atoms with Gasteiger partial charge < -0.3 is 14.4 Å². The second-order valence-electron chi connectivity index (χ2n) is 8.71. The van der Waals surface area contributed by atoms with Gasteiger partial charge in [0.05, 0.1) is 11.2 Å². The molecule has 2 aliphatic rings. The zero-order chi connectivity index (χ0) is 20.7. The molecule has 0 unspecified atom stereocenters. The molecular formula is C25H26N4O. The third-order valence-corrected chi connectivity index (χ3v) is 7.09. The van der Waals surface area contributed by atoms with Crippen molar-refractivity contribution in [3.05, 3.63) is 70.5 Å². The van der Waals surface area contributed by atoms with Gasteiger partial charge in [0.2, 0.25) is 0 Å². The normalized spacial score (nSPS) is 18.1. The first kappa shape index (κ1) is 18.7. The number of benzene rings is 2. The quantitative estimate of drug-likeness (QED) is 0.657. The minimum absolute atomic E-state index is 0.206. The lowest BCUT2D eigenvalue weighted by atomic mass is 9.77. The summed E-state index contributed by atoms with van der Waals surface area (Å²) in [6.45, 7) is 3.96. The average molecular weight is 399 g/mol. The number of aromatic nitrogens is 1. The Balaban J connectivity index is 1.43. The van der Waals surface area contributed by atoms with E-state index in [4.69, 9.17) is 0 Å². The second kappa shape index (κ2) is 7.21. The molecule has 0 bridgehead atoms. The molecule has 0 N–H and O–H groups in total. The number of nitriles is 1. The Morgan fingerprint density at radius 1 is 0.900 bits per heavy atom. The van der Waals surface area contributed by atoms with Gasteiger partial charge in [0.1, 0.15) is 11.6 Å². The molecule has 1 aromatic heterocycles. The van der Waals surface area contributed by atoms with Crippen LogP contribution in [-0.2, 0) is 7.05 Å². The van der Waals surface area contributed by atoms with Gasteiger partial charge in [-0.15, -0.1) is 0 Å².